The summed E-state index contributed by atoms with van der Waals surface area (Å²) in [5, 5.41) is 2.81. The van der Waals surface area contributed by atoms with Crippen LogP contribution >= 0.6 is 0 Å². The lowest BCUT2D eigenvalue weighted by atomic mass is 10.1. The number of ether oxygens (including phenoxy) is 1. The molecule has 1 aliphatic rings. The van der Waals surface area contributed by atoms with Crippen LogP contribution in [-0.4, -0.2) is 56.9 Å². The molecule has 8 nitrogen and oxygen atoms in total. The third kappa shape index (κ3) is 5.93. The van der Waals surface area contributed by atoms with Crippen molar-refractivity contribution in [2.24, 2.45) is 0 Å². The molecule has 0 aromatic heterocycles. The first-order valence-corrected chi connectivity index (χ1v) is 10.8. The summed E-state index contributed by atoms with van der Waals surface area (Å²) in [5.41, 5.74) is -0.225. The van der Waals surface area contributed by atoms with Gasteiger partial charge < -0.3 is 15.0 Å². The Morgan fingerprint density at radius 1 is 1.25 bits per heavy atom. The zero-order valence-corrected chi connectivity index (χ0v) is 17.9. The first-order valence-electron chi connectivity index (χ1n) is 9.27. The molecular formula is C19H29N3O5S. The third-order valence-electron chi connectivity index (χ3n) is 4.12. The molecule has 1 saturated carbocycles. The van der Waals surface area contributed by atoms with Crippen molar-refractivity contribution in [3.63, 3.8) is 0 Å². The maximum atomic E-state index is 12.9. The molecule has 0 bridgehead atoms. The van der Waals surface area contributed by atoms with Crippen LogP contribution in [0.1, 0.15) is 50.9 Å². The molecule has 2 N–H and O–H groups in total. The Morgan fingerprint density at radius 3 is 2.39 bits per heavy atom. The molecule has 0 atom stereocenters. The number of methoxy groups -OCH3 is 1. The molecule has 0 unspecified atom stereocenters. The van der Waals surface area contributed by atoms with Crippen molar-refractivity contribution in [2.75, 3.05) is 20.2 Å². The van der Waals surface area contributed by atoms with Gasteiger partial charge in [0.2, 0.25) is 15.9 Å². The SMILES string of the molecule is CCN(CC(=O)NC(C)(C)C)C(=O)c1ccc(OC)c(S(=O)(=O)NC2CC2)c1. The van der Waals surface area contributed by atoms with E-state index in [9.17, 15) is 18.0 Å². The minimum atomic E-state index is -3.80. The van der Waals surface area contributed by atoms with Gasteiger partial charge in [-0.25, -0.2) is 13.1 Å². The first kappa shape index (κ1) is 22.2. The fourth-order valence-corrected chi connectivity index (χ4v) is 4.14. The van der Waals surface area contributed by atoms with Crippen molar-refractivity contribution in [1.82, 2.24) is 14.9 Å². The van der Waals surface area contributed by atoms with Crippen LogP contribution in [0.4, 0.5) is 0 Å². The molecular weight excluding hydrogens is 382 g/mol. The van der Waals surface area contributed by atoms with Crippen molar-refractivity contribution in [2.45, 2.75) is 57.0 Å². The highest BCUT2D eigenvalue weighted by molar-refractivity contribution is 7.89. The van der Waals surface area contributed by atoms with Crippen LogP contribution in [0.15, 0.2) is 23.1 Å². The monoisotopic (exact) mass is 411 g/mol. The lowest BCUT2D eigenvalue weighted by Crippen LogP contribution is -2.47. The molecule has 1 aromatic carbocycles. The number of hydrogen-bond acceptors (Lipinski definition) is 5. The zero-order valence-electron chi connectivity index (χ0n) is 17.0. The van der Waals surface area contributed by atoms with E-state index < -0.39 is 21.5 Å². The van der Waals surface area contributed by atoms with E-state index in [2.05, 4.69) is 10.0 Å². The highest BCUT2D eigenvalue weighted by atomic mass is 32.2. The highest BCUT2D eigenvalue weighted by Gasteiger charge is 2.31. The summed E-state index contributed by atoms with van der Waals surface area (Å²) in [7, 11) is -2.42. The van der Waals surface area contributed by atoms with Crippen LogP contribution in [0.5, 0.6) is 5.75 Å². The van der Waals surface area contributed by atoms with Crippen molar-refractivity contribution in [3.8, 4) is 5.75 Å². The van der Waals surface area contributed by atoms with Gasteiger partial charge >= 0.3 is 0 Å². The molecule has 0 spiro atoms. The summed E-state index contributed by atoms with van der Waals surface area (Å²) < 4.78 is 33.0. The van der Waals surface area contributed by atoms with Crippen molar-refractivity contribution in [1.29, 1.82) is 0 Å². The van der Waals surface area contributed by atoms with Gasteiger partial charge in [-0.05, 0) is 58.7 Å². The molecule has 156 valence electrons. The molecule has 2 rings (SSSR count). The van der Waals surface area contributed by atoms with E-state index in [0.717, 1.165) is 12.8 Å². The van der Waals surface area contributed by atoms with Gasteiger partial charge in [-0.1, -0.05) is 0 Å². The van der Waals surface area contributed by atoms with Crippen LogP contribution in [0.3, 0.4) is 0 Å². The van der Waals surface area contributed by atoms with E-state index >= 15 is 0 Å². The van der Waals surface area contributed by atoms with Gasteiger partial charge in [0, 0.05) is 23.7 Å². The quantitative estimate of drug-likeness (QED) is 0.675. The number of nitrogens with one attached hydrogen (secondary N) is 2. The number of hydrogen-bond donors (Lipinski definition) is 2. The van der Waals surface area contributed by atoms with Crippen molar-refractivity contribution >= 4 is 21.8 Å². The Kier molecular flexibility index (Phi) is 6.71. The molecule has 0 radical (unpaired) electrons. The number of likely N-dealkylation sites (N-methyl/N-ethyl adjacent to an activating group) is 1. The summed E-state index contributed by atoms with van der Waals surface area (Å²) >= 11 is 0. The molecule has 0 aliphatic heterocycles. The number of rotatable bonds is 8. The number of benzene rings is 1. The molecule has 9 heteroatoms. The molecule has 2 amide bonds. The minimum Gasteiger partial charge on any atom is -0.495 e. The Morgan fingerprint density at radius 2 is 1.89 bits per heavy atom. The second-order valence-corrected chi connectivity index (χ2v) is 9.56. The van der Waals surface area contributed by atoms with Crippen LogP contribution in [-0.2, 0) is 14.8 Å². The molecule has 0 saturated heterocycles. The molecule has 1 fully saturated rings. The van der Waals surface area contributed by atoms with E-state index in [-0.39, 0.29) is 34.7 Å². The fourth-order valence-electron chi connectivity index (χ4n) is 2.64. The van der Waals surface area contributed by atoms with Gasteiger partial charge in [-0.15, -0.1) is 0 Å². The van der Waals surface area contributed by atoms with Crippen molar-refractivity contribution < 1.29 is 22.7 Å². The fraction of sp³-hybridized carbons (Fsp3) is 0.579. The zero-order chi connectivity index (χ0) is 21.1. The predicted octanol–water partition coefficient (Wildman–Crippen LogP) is 1.51. The first-order chi connectivity index (χ1) is 13.0. The Bertz CT molecular complexity index is 842. The third-order valence-corrected chi connectivity index (χ3v) is 5.66. The summed E-state index contributed by atoms with van der Waals surface area (Å²) in [6.07, 6.45) is 1.60. The van der Waals surface area contributed by atoms with E-state index in [1.165, 1.54) is 30.2 Å². The number of carbonyl (C=O) groups is 2. The summed E-state index contributed by atoms with van der Waals surface area (Å²) in [6, 6.07) is 4.19. The molecule has 1 aromatic rings. The van der Waals surface area contributed by atoms with Gasteiger partial charge in [0.15, 0.2) is 0 Å². The van der Waals surface area contributed by atoms with Gasteiger partial charge in [-0.3, -0.25) is 9.59 Å². The van der Waals surface area contributed by atoms with Crippen LogP contribution < -0.4 is 14.8 Å². The average molecular weight is 412 g/mol. The number of carbonyl (C=O) groups excluding carboxylic acids is 2. The maximum Gasteiger partial charge on any atom is 0.254 e. The largest absolute Gasteiger partial charge is 0.495 e. The van der Waals surface area contributed by atoms with E-state index in [4.69, 9.17) is 4.74 Å². The van der Waals surface area contributed by atoms with Gasteiger partial charge in [0.1, 0.15) is 10.6 Å². The minimum absolute atomic E-state index is 0.0673. The van der Waals surface area contributed by atoms with Gasteiger partial charge in [0.25, 0.3) is 5.91 Å². The Hall–Kier alpha value is -2.13. The smallest absolute Gasteiger partial charge is 0.254 e. The van der Waals surface area contributed by atoms with Crippen molar-refractivity contribution in [3.05, 3.63) is 23.8 Å². The lowest BCUT2D eigenvalue weighted by molar-refractivity contribution is -0.123. The van der Waals surface area contributed by atoms with Crippen LogP contribution in [0.25, 0.3) is 0 Å². The normalized spacial score (nSPS) is 14.5. The Labute approximate surface area is 166 Å². The topological polar surface area (TPSA) is 105 Å². The van der Waals surface area contributed by atoms with Gasteiger partial charge in [0.05, 0.1) is 13.7 Å². The molecule has 0 heterocycles. The predicted molar refractivity (Wildman–Crippen MR) is 106 cm³/mol. The number of nitrogens with zero attached hydrogens (tertiary/aromatic N) is 1. The van der Waals surface area contributed by atoms with Crippen LogP contribution in [0.2, 0.25) is 0 Å². The lowest BCUT2D eigenvalue weighted by Gasteiger charge is -2.25. The van der Waals surface area contributed by atoms with E-state index in [0.29, 0.717) is 6.54 Å². The molecule has 28 heavy (non-hydrogen) atoms. The maximum absolute atomic E-state index is 12.9. The van der Waals surface area contributed by atoms with Crippen LogP contribution in [0, 0.1) is 0 Å². The highest BCUT2D eigenvalue weighted by Crippen LogP contribution is 2.28. The number of amides is 2. The second kappa shape index (κ2) is 8.48. The summed E-state index contributed by atoms with van der Waals surface area (Å²) in [6.45, 7) is 7.54. The van der Waals surface area contributed by atoms with E-state index in [1.54, 1.807) is 6.92 Å². The molecule has 1 aliphatic carbocycles. The summed E-state index contributed by atoms with van der Waals surface area (Å²) in [5.74, 6) is -0.533. The second-order valence-electron chi connectivity index (χ2n) is 7.88. The van der Waals surface area contributed by atoms with E-state index in [1.807, 2.05) is 20.8 Å². The summed E-state index contributed by atoms with van der Waals surface area (Å²) in [4.78, 5) is 26.4. The average Bonchev–Trinajstić information content (AvgIpc) is 3.40. The number of sulfonamides is 1. The standard InChI is InChI=1S/C19H29N3O5S/c1-6-22(12-17(23)20-19(2,3)4)18(24)13-7-10-15(27-5)16(11-13)28(25,26)21-14-8-9-14/h7,10-11,14,21H,6,8-9,12H2,1-5H3,(H,20,23). The Balaban J connectivity index is 2.26. The van der Waals surface area contributed by atoms with Gasteiger partial charge in [-0.2, -0.15) is 0 Å².